The zero-order valence-corrected chi connectivity index (χ0v) is 14.5. The molecule has 0 bridgehead atoms. The number of nitrogens with zero attached hydrogens (tertiary/aromatic N) is 2. The molecule has 128 valence electrons. The molecule has 2 unspecified atom stereocenters. The lowest BCUT2D eigenvalue weighted by Crippen LogP contribution is -2.35. The number of benzene rings is 1. The molecule has 1 fully saturated rings. The molecule has 0 saturated carbocycles. The fourth-order valence-corrected chi connectivity index (χ4v) is 3.63. The second-order valence-electron chi connectivity index (χ2n) is 6.88. The van der Waals surface area contributed by atoms with Crippen LogP contribution in [0.25, 0.3) is 22.4 Å². The van der Waals surface area contributed by atoms with E-state index in [-0.39, 0.29) is 5.78 Å². The molecule has 25 heavy (non-hydrogen) atoms. The van der Waals surface area contributed by atoms with Crippen LogP contribution in [0, 0.1) is 0 Å². The fraction of sp³-hybridized carbons (Fsp3) is 0.350. The summed E-state index contributed by atoms with van der Waals surface area (Å²) in [7, 11) is 0. The van der Waals surface area contributed by atoms with Crippen LogP contribution in [-0.4, -0.2) is 33.3 Å². The van der Waals surface area contributed by atoms with Gasteiger partial charge in [0, 0.05) is 29.3 Å². The van der Waals surface area contributed by atoms with E-state index in [1.165, 1.54) is 0 Å². The van der Waals surface area contributed by atoms with Crippen LogP contribution < -0.4 is 5.32 Å². The molecule has 1 aromatic carbocycles. The van der Waals surface area contributed by atoms with Crippen molar-refractivity contribution in [1.29, 1.82) is 0 Å². The Labute approximate surface area is 146 Å². The third-order valence-electron chi connectivity index (χ3n) is 4.99. The van der Waals surface area contributed by atoms with Gasteiger partial charge in [-0.05, 0) is 39.3 Å². The summed E-state index contributed by atoms with van der Waals surface area (Å²) in [5.41, 5.74) is 4.74. The quantitative estimate of drug-likeness (QED) is 0.717. The molecule has 2 atom stereocenters. The van der Waals surface area contributed by atoms with Crippen molar-refractivity contribution in [3.05, 3.63) is 47.8 Å². The Hall–Kier alpha value is -2.53. The Bertz CT molecular complexity index is 913. The van der Waals surface area contributed by atoms with Gasteiger partial charge in [0.2, 0.25) is 0 Å². The smallest absolute Gasteiger partial charge is 0.160 e. The molecular formula is C20H22N4O. The van der Waals surface area contributed by atoms with Crippen LogP contribution in [0.3, 0.4) is 0 Å². The van der Waals surface area contributed by atoms with Crippen LogP contribution in [0.15, 0.2) is 36.5 Å². The van der Waals surface area contributed by atoms with Gasteiger partial charge >= 0.3 is 0 Å². The maximum Gasteiger partial charge on any atom is 0.160 e. The molecule has 3 heterocycles. The van der Waals surface area contributed by atoms with Crippen molar-refractivity contribution in [3.8, 4) is 11.4 Å². The van der Waals surface area contributed by atoms with E-state index in [9.17, 15) is 4.79 Å². The summed E-state index contributed by atoms with van der Waals surface area (Å²) in [5, 5.41) is 3.50. The van der Waals surface area contributed by atoms with Crippen LogP contribution in [0.4, 0.5) is 0 Å². The number of aromatic nitrogens is 3. The minimum atomic E-state index is 0.0675. The number of nitrogens with one attached hydrogen (secondary N) is 2. The van der Waals surface area contributed by atoms with Crippen LogP contribution in [0.5, 0.6) is 0 Å². The molecule has 4 rings (SSSR count). The van der Waals surface area contributed by atoms with Crippen molar-refractivity contribution in [3.63, 3.8) is 0 Å². The lowest BCUT2D eigenvalue weighted by molar-refractivity contribution is 0.101. The number of Topliss-reactive ketones (excluding diaryl/α,β-unsaturated/α-hetero) is 1. The van der Waals surface area contributed by atoms with Crippen LogP contribution in [-0.2, 0) is 0 Å². The Balaban J connectivity index is 1.78. The number of aromatic amines is 1. The molecule has 1 aliphatic rings. The van der Waals surface area contributed by atoms with Gasteiger partial charge in [0.15, 0.2) is 11.6 Å². The molecule has 1 aliphatic heterocycles. The van der Waals surface area contributed by atoms with Gasteiger partial charge in [-0.2, -0.15) is 0 Å². The summed E-state index contributed by atoms with van der Waals surface area (Å²) in [4.78, 5) is 24.4. The summed E-state index contributed by atoms with van der Waals surface area (Å²) < 4.78 is 0. The topological polar surface area (TPSA) is 70.7 Å². The molecule has 3 aromatic rings. The van der Waals surface area contributed by atoms with Gasteiger partial charge in [-0.1, -0.05) is 24.3 Å². The predicted octanol–water partition coefficient (Wildman–Crippen LogP) is 3.68. The van der Waals surface area contributed by atoms with E-state index in [4.69, 9.17) is 9.97 Å². The second kappa shape index (κ2) is 6.41. The zero-order valence-electron chi connectivity index (χ0n) is 14.5. The monoisotopic (exact) mass is 334 g/mol. The van der Waals surface area contributed by atoms with Crippen LogP contribution >= 0.6 is 0 Å². The number of carbonyl (C=O) groups excluding carboxylic acids is 1. The van der Waals surface area contributed by atoms with Gasteiger partial charge in [-0.15, -0.1) is 0 Å². The number of ketones is 1. The van der Waals surface area contributed by atoms with Gasteiger partial charge in [0.25, 0.3) is 0 Å². The third kappa shape index (κ3) is 3.07. The van der Waals surface area contributed by atoms with Gasteiger partial charge in [0.1, 0.15) is 0 Å². The van der Waals surface area contributed by atoms with Crippen LogP contribution in [0.1, 0.15) is 48.7 Å². The Kier molecular flexibility index (Phi) is 4.09. The van der Waals surface area contributed by atoms with Crippen molar-refractivity contribution < 1.29 is 4.79 Å². The molecule has 0 spiro atoms. The second-order valence-corrected chi connectivity index (χ2v) is 6.88. The Morgan fingerprint density at radius 3 is 2.68 bits per heavy atom. The van der Waals surface area contributed by atoms with E-state index in [1.807, 2.05) is 36.5 Å². The highest BCUT2D eigenvalue weighted by Gasteiger charge is 2.24. The molecule has 1 saturated heterocycles. The number of piperidine rings is 1. The highest BCUT2D eigenvalue weighted by Crippen LogP contribution is 2.32. The highest BCUT2D eigenvalue weighted by molar-refractivity contribution is 5.94. The number of hydrogen-bond acceptors (Lipinski definition) is 4. The molecule has 2 N–H and O–H groups in total. The van der Waals surface area contributed by atoms with E-state index in [2.05, 4.69) is 17.2 Å². The average Bonchev–Trinajstić information content (AvgIpc) is 3.09. The van der Waals surface area contributed by atoms with Gasteiger partial charge < -0.3 is 10.3 Å². The number of hydrogen-bond donors (Lipinski definition) is 2. The summed E-state index contributed by atoms with van der Waals surface area (Å²) in [6.07, 6.45) is 4.09. The molecule has 5 heteroatoms. The number of rotatable bonds is 3. The Morgan fingerprint density at radius 2 is 1.96 bits per heavy atom. The molecule has 5 nitrogen and oxygen atoms in total. The molecule has 0 aliphatic carbocycles. The van der Waals surface area contributed by atoms with E-state index in [0.717, 1.165) is 47.5 Å². The lowest BCUT2D eigenvalue weighted by Gasteiger charge is -2.28. The van der Waals surface area contributed by atoms with Crippen molar-refractivity contribution in [2.75, 3.05) is 6.54 Å². The van der Waals surface area contributed by atoms with Gasteiger partial charge in [-0.25, -0.2) is 9.97 Å². The van der Waals surface area contributed by atoms with Crippen molar-refractivity contribution in [1.82, 2.24) is 20.3 Å². The first kappa shape index (κ1) is 16.0. The minimum Gasteiger partial charge on any atom is -0.358 e. The van der Waals surface area contributed by atoms with Crippen molar-refractivity contribution in [2.24, 2.45) is 0 Å². The number of carbonyl (C=O) groups is 1. The van der Waals surface area contributed by atoms with E-state index in [1.54, 1.807) is 6.92 Å². The standard InChI is InChI=1S/C20H22N4O/c1-12-11-16(7-9-21-12)18-19-17(8-10-22-19)23-20(24-18)15-5-3-14(4-6-15)13(2)25/h3-6,8,10,12,16,21-22H,7,9,11H2,1-2H3. The third-order valence-corrected chi connectivity index (χ3v) is 4.99. The predicted molar refractivity (Wildman–Crippen MR) is 98.8 cm³/mol. The van der Waals surface area contributed by atoms with E-state index >= 15 is 0 Å². The van der Waals surface area contributed by atoms with Crippen molar-refractivity contribution in [2.45, 2.75) is 38.6 Å². The summed E-state index contributed by atoms with van der Waals surface area (Å²) >= 11 is 0. The Morgan fingerprint density at radius 1 is 1.16 bits per heavy atom. The van der Waals surface area contributed by atoms with E-state index < -0.39 is 0 Å². The summed E-state index contributed by atoms with van der Waals surface area (Å²) in [6, 6.07) is 10.0. The summed E-state index contributed by atoms with van der Waals surface area (Å²) in [6.45, 7) is 4.81. The zero-order chi connectivity index (χ0) is 17.4. The number of H-pyrrole nitrogens is 1. The first-order chi connectivity index (χ1) is 12.1. The molecule has 2 aromatic heterocycles. The average molecular weight is 334 g/mol. The first-order valence-corrected chi connectivity index (χ1v) is 8.81. The normalized spacial score (nSPS) is 20.7. The summed E-state index contributed by atoms with van der Waals surface area (Å²) in [5.74, 6) is 1.22. The minimum absolute atomic E-state index is 0.0675. The van der Waals surface area contributed by atoms with E-state index in [0.29, 0.717) is 17.5 Å². The molecular weight excluding hydrogens is 312 g/mol. The lowest BCUT2D eigenvalue weighted by atomic mass is 9.89. The van der Waals surface area contributed by atoms with Crippen molar-refractivity contribution >= 4 is 16.8 Å². The maximum atomic E-state index is 11.5. The van der Waals surface area contributed by atoms with Crippen LogP contribution in [0.2, 0.25) is 0 Å². The first-order valence-electron chi connectivity index (χ1n) is 8.81. The maximum absolute atomic E-state index is 11.5. The SMILES string of the molecule is CC(=O)c1ccc(-c2nc(C3CCNC(C)C3)c3[nH]ccc3n2)cc1. The molecule has 0 radical (unpaired) electrons. The number of fused-ring (bicyclic) bond motifs is 1. The largest absolute Gasteiger partial charge is 0.358 e. The molecule has 0 amide bonds. The highest BCUT2D eigenvalue weighted by atomic mass is 16.1. The van der Waals surface area contributed by atoms with Gasteiger partial charge in [-0.3, -0.25) is 4.79 Å². The fourth-order valence-electron chi connectivity index (χ4n) is 3.63. The van der Waals surface area contributed by atoms with Gasteiger partial charge in [0.05, 0.1) is 16.7 Å².